The lowest BCUT2D eigenvalue weighted by Gasteiger charge is -2.08. The van der Waals surface area contributed by atoms with Crippen molar-refractivity contribution >= 4 is 0 Å². The van der Waals surface area contributed by atoms with E-state index >= 15 is 0 Å². The summed E-state index contributed by atoms with van der Waals surface area (Å²) in [5.41, 5.74) is 1.14. The number of aliphatic hydroxyl groups excluding tert-OH is 1. The third-order valence-corrected chi connectivity index (χ3v) is 1.67. The van der Waals surface area contributed by atoms with Crippen molar-refractivity contribution in [1.82, 2.24) is 0 Å². The Labute approximate surface area is 72.8 Å². The van der Waals surface area contributed by atoms with Crippen LogP contribution in [0.4, 0.5) is 0 Å². The van der Waals surface area contributed by atoms with Crippen LogP contribution in [-0.4, -0.2) is 24.9 Å². The summed E-state index contributed by atoms with van der Waals surface area (Å²) in [5.74, 6) is 0. The van der Waals surface area contributed by atoms with Crippen LogP contribution in [0.2, 0.25) is 0 Å². The van der Waals surface area contributed by atoms with Crippen molar-refractivity contribution in [2.75, 3.05) is 13.7 Å². The first kappa shape index (κ1) is 9.23. The Hall–Kier alpha value is -0.860. The van der Waals surface area contributed by atoms with Crippen molar-refractivity contribution in [2.24, 2.45) is 0 Å². The SMILES string of the molecule is COCC(O)Cc1ccccc1. The number of methoxy groups -OCH3 is 1. The molecule has 0 fully saturated rings. The summed E-state index contributed by atoms with van der Waals surface area (Å²) in [5, 5.41) is 9.38. The van der Waals surface area contributed by atoms with Gasteiger partial charge in [0.2, 0.25) is 0 Å². The summed E-state index contributed by atoms with van der Waals surface area (Å²) in [6.45, 7) is 0.398. The number of hydrogen-bond donors (Lipinski definition) is 1. The van der Waals surface area contributed by atoms with Crippen LogP contribution in [0.1, 0.15) is 5.56 Å². The van der Waals surface area contributed by atoms with E-state index in [-0.39, 0.29) is 0 Å². The highest BCUT2D eigenvalue weighted by Crippen LogP contribution is 2.02. The lowest BCUT2D eigenvalue weighted by atomic mass is 10.1. The Morgan fingerprint density at radius 1 is 1.33 bits per heavy atom. The summed E-state index contributed by atoms with van der Waals surface area (Å²) in [7, 11) is 1.59. The highest BCUT2D eigenvalue weighted by Gasteiger charge is 2.03. The van der Waals surface area contributed by atoms with Gasteiger partial charge in [-0.25, -0.2) is 0 Å². The molecule has 1 unspecified atom stereocenters. The van der Waals surface area contributed by atoms with Gasteiger partial charge in [0.15, 0.2) is 0 Å². The second-order valence-corrected chi connectivity index (χ2v) is 2.80. The van der Waals surface area contributed by atoms with Gasteiger partial charge in [0.25, 0.3) is 0 Å². The zero-order valence-corrected chi connectivity index (χ0v) is 7.23. The van der Waals surface area contributed by atoms with Gasteiger partial charge in [0.05, 0.1) is 12.7 Å². The lowest BCUT2D eigenvalue weighted by Crippen LogP contribution is -2.16. The molecular weight excluding hydrogens is 152 g/mol. The van der Waals surface area contributed by atoms with Crippen LogP contribution < -0.4 is 0 Å². The van der Waals surface area contributed by atoms with Gasteiger partial charge in [-0.2, -0.15) is 0 Å². The molecule has 0 aliphatic carbocycles. The second-order valence-electron chi connectivity index (χ2n) is 2.80. The fraction of sp³-hybridized carbons (Fsp3) is 0.400. The number of aliphatic hydroxyl groups is 1. The predicted molar refractivity (Wildman–Crippen MR) is 48.0 cm³/mol. The number of ether oxygens (including phenoxy) is 1. The average Bonchev–Trinajstić information content (AvgIpc) is 2.06. The number of benzene rings is 1. The molecule has 1 rings (SSSR count). The molecule has 1 N–H and O–H groups in total. The summed E-state index contributed by atoms with van der Waals surface area (Å²) >= 11 is 0. The van der Waals surface area contributed by atoms with Crippen LogP contribution in [-0.2, 0) is 11.2 Å². The van der Waals surface area contributed by atoms with Gasteiger partial charge in [-0.3, -0.25) is 0 Å². The average molecular weight is 166 g/mol. The van der Waals surface area contributed by atoms with Gasteiger partial charge in [0.1, 0.15) is 0 Å². The first-order valence-corrected chi connectivity index (χ1v) is 4.04. The minimum Gasteiger partial charge on any atom is -0.390 e. The van der Waals surface area contributed by atoms with E-state index < -0.39 is 6.10 Å². The molecule has 1 aromatic carbocycles. The second kappa shape index (κ2) is 4.91. The maximum atomic E-state index is 9.38. The maximum Gasteiger partial charge on any atom is 0.0813 e. The quantitative estimate of drug-likeness (QED) is 0.729. The molecule has 1 aromatic rings. The largest absolute Gasteiger partial charge is 0.390 e. The fourth-order valence-corrected chi connectivity index (χ4v) is 1.14. The van der Waals surface area contributed by atoms with Crippen molar-refractivity contribution in [3.8, 4) is 0 Å². The molecule has 2 heteroatoms. The van der Waals surface area contributed by atoms with Crippen molar-refractivity contribution in [3.63, 3.8) is 0 Å². The Balaban J connectivity index is 2.41. The topological polar surface area (TPSA) is 29.5 Å². The molecule has 0 aromatic heterocycles. The monoisotopic (exact) mass is 166 g/mol. The molecule has 0 amide bonds. The summed E-state index contributed by atoms with van der Waals surface area (Å²) in [6.07, 6.45) is 0.270. The van der Waals surface area contributed by atoms with E-state index in [2.05, 4.69) is 0 Å². The zero-order chi connectivity index (χ0) is 8.81. The van der Waals surface area contributed by atoms with Gasteiger partial charge < -0.3 is 9.84 Å². The molecule has 1 atom stereocenters. The van der Waals surface area contributed by atoms with Gasteiger partial charge in [-0.15, -0.1) is 0 Å². The Morgan fingerprint density at radius 3 is 2.58 bits per heavy atom. The van der Waals surface area contributed by atoms with E-state index in [1.54, 1.807) is 7.11 Å². The van der Waals surface area contributed by atoms with Crippen LogP contribution >= 0.6 is 0 Å². The Bertz CT molecular complexity index is 208. The van der Waals surface area contributed by atoms with E-state index in [0.717, 1.165) is 5.56 Å². The fourth-order valence-electron chi connectivity index (χ4n) is 1.14. The van der Waals surface area contributed by atoms with E-state index in [0.29, 0.717) is 13.0 Å². The van der Waals surface area contributed by atoms with Gasteiger partial charge in [0, 0.05) is 13.5 Å². The summed E-state index contributed by atoms with van der Waals surface area (Å²) < 4.78 is 4.83. The van der Waals surface area contributed by atoms with Crippen molar-refractivity contribution in [1.29, 1.82) is 0 Å². The molecule has 0 radical (unpaired) electrons. The molecule has 0 spiro atoms. The van der Waals surface area contributed by atoms with E-state index in [4.69, 9.17) is 4.74 Å². The minimum atomic E-state index is -0.391. The van der Waals surface area contributed by atoms with Crippen molar-refractivity contribution in [3.05, 3.63) is 35.9 Å². The van der Waals surface area contributed by atoms with E-state index in [1.165, 1.54) is 0 Å². The smallest absolute Gasteiger partial charge is 0.0813 e. The van der Waals surface area contributed by atoms with Crippen molar-refractivity contribution in [2.45, 2.75) is 12.5 Å². The highest BCUT2D eigenvalue weighted by molar-refractivity contribution is 5.15. The molecule has 66 valence electrons. The highest BCUT2D eigenvalue weighted by atomic mass is 16.5. The Kier molecular flexibility index (Phi) is 3.77. The summed E-state index contributed by atoms with van der Waals surface area (Å²) in [6, 6.07) is 9.90. The van der Waals surface area contributed by atoms with E-state index in [1.807, 2.05) is 30.3 Å². The van der Waals surface area contributed by atoms with Crippen molar-refractivity contribution < 1.29 is 9.84 Å². The third kappa shape index (κ3) is 3.03. The molecular formula is C10H14O2. The van der Waals surface area contributed by atoms with Crippen LogP contribution in [0, 0.1) is 0 Å². The van der Waals surface area contributed by atoms with Gasteiger partial charge in [-0.1, -0.05) is 30.3 Å². The minimum absolute atomic E-state index is 0.391. The molecule has 0 aliphatic heterocycles. The normalized spacial score (nSPS) is 12.8. The van der Waals surface area contributed by atoms with Crippen LogP contribution in [0.5, 0.6) is 0 Å². The molecule has 2 nitrogen and oxygen atoms in total. The molecule has 0 saturated heterocycles. The molecule has 0 heterocycles. The van der Waals surface area contributed by atoms with Crippen LogP contribution in [0.3, 0.4) is 0 Å². The molecule has 0 saturated carbocycles. The van der Waals surface area contributed by atoms with Crippen LogP contribution in [0.15, 0.2) is 30.3 Å². The molecule has 0 bridgehead atoms. The zero-order valence-electron chi connectivity index (χ0n) is 7.23. The predicted octanol–water partition coefficient (Wildman–Crippen LogP) is 1.24. The molecule has 12 heavy (non-hydrogen) atoms. The first-order chi connectivity index (χ1) is 5.83. The first-order valence-electron chi connectivity index (χ1n) is 4.04. The number of rotatable bonds is 4. The van der Waals surface area contributed by atoms with E-state index in [9.17, 15) is 5.11 Å². The number of hydrogen-bond acceptors (Lipinski definition) is 2. The molecule has 0 aliphatic rings. The standard InChI is InChI=1S/C10H14O2/c1-12-8-10(11)7-9-5-3-2-4-6-9/h2-6,10-11H,7-8H2,1H3. The third-order valence-electron chi connectivity index (χ3n) is 1.67. The van der Waals surface area contributed by atoms with Gasteiger partial charge in [-0.05, 0) is 5.56 Å². The maximum absolute atomic E-state index is 9.38. The van der Waals surface area contributed by atoms with Gasteiger partial charge >= 0.3 is 0 Å². The Morgan fingerprint density at radius 2 is 2.00 bits per heavy atom. The summed E-state index contributed by atoms with van der Waals surface area (Å²) in [4.78, 5) is 0. The lowest BCUT2D eigenvalue weighted by molar-refractivity contribution is 0.0650. The van der Waals surface area contributed by atoms with Crippen LogP contribution in [0.25, 0.3) is 0 Å².